The largest absolute Gasteiger partial charge is 0.376 e. The molecule has 0 aliphatic carbocycles. The lowest BCUT2D eigenvalue weighted by atomic mass is 10.2. The fourth-order valence-corrected chi connectivity index (χ4v) is 3.57. The zero-order valence-corrected chi connectivity index (χ0v) is 13.1. The maximum absolute atomic E-state index is 12.8. The molecule has 1 aliphatic heterocycles. The minimum atomic E-state index is -3.42. The molecular formula is C14H19FN2O4S. The van der Waals surface area contributed by atoms with Gasteiger partial charge >= 0.3 is 0 Å². The van der Waals surface area contributed by atoms with E-state index in [1.807, 2.05) is 6.92 Å². The van der Waals surface area contributed by atoms with Crippen LogP contribution in [0.1, 0.15) is 17.3 Å². The summed E-state index contributed by atoms with van der Waals surface area (Å²) in [5.41, 5.74) is 0.291. The molecule has 8 heteroatoms. The molecule has 1 heterocycles. The van der Waals surface area contributed by atoms with Crippen LogP contribution in [0, 0.1) is 5.82 Å². The monoisotopic (exact) mass is 330 g/mol. The molecule has 1 aromatic carbocycles. The van der Waals surface area contributed by atoms with E-state index in [9.17, 15) is 17.6 Å². The first-order valence-corrected chi connectivity index (χ1v) is 8.62. The van der Waals surface area contributed by atoms with Crippen LogP contribution in [0.5, 0.6) is 0 Å². The molecule has 122 valence electrons. The first-order chi connectivity index (χ1) is 10.4. The number of carbonyl (C=O) groups is 1. The average molecular weight is 330 g/mol. The van der Waals surface area contributed by atoms with Gasteiger partial charge in [-0.1, -0.05) is 0 Å². The molecule has 0 radical (unpaired) electrons. The van der Waals surface area contributed by atoms with Crippen molar-refractivity contribution in [1.29, 1.82) is 0 Å². The first-order valence-electron chi connectivity index (χ1n) is 7.02. The van der Waals surface area contributed by atoms with E-state index < -0.39 is 21.7 Å². The van der Waals surface area contributed by atoms with Crippen molar-refractivity contribution >= 4 is 15.9 Å². The Bertz CT molecular complexity index is 618. The minimum Gasteiger partial charge on any atom is -0.376 e. The number of nitrogens with one attached hydrogen (secondary N) is 1. The molecule has 0 bridgehead atoms. The third-order valence-electron chi connectivity index (χ3n) is 3.35. The number of rotatable bonds is 5. The van der Waals surface area contributed by atoms with Crippen LogP contribution in [-0.2, 0) is 14.8 Å². The van der Waals surface area contributed by atoms with Gasteiger partial charge in [0, 0.05) is 25.2 Å². The molecule has 1 fully saturated rings. The van der Waals surface area contributed by atoms with Gasteiger partial charge in [0.25, 0.3) is 5.91 Å². The molecule has 1 aliphatic rings. The second kappa shape index (κ2) is 7.17. The van der Waals surface area contributed by atoms with E-state index in [1.165, 1.54) is 28.6 Å². The quantitative estimate of drug-likeness (QED) is 0.858. The molecule has 1 unspecified atom stereocenters. The predicted molar refractivity (Wildman–Crippen MR) is 79.5 cm³/mol. The minimum absolute atomic E-state index is 0.00425. The lowest BCUT2D eigenvalue weighted by Gasteiger charge is -2.30. The van der Waals surface area contributed by atoms with E-state index in [0.717, 1.165) is 0 Å². The van der Waals surface area contributed by atoms with Crippen molar-refractivity contribution < 1.29 is 22.3 Å². The molecule has 0 spiro atoms. The number of amides is 1. The summed E-state index contributed by atoms with van der Waals surface area (Å²) in [5, 5.41) is 2.53. The molecule has 6 nitrogen and oxygen atoms in total. The summed E-state index contributed by atoms with van der Waals surface area (Å²) >= 11 is 0. The Morgan fingerprint density at radius 2 is 2.09 bits per heavy atom. The van der Waals surface area contributed by atoms with Crippen molar-refractivity contribution in [1.82, 2.24) is 9.62 Å². The third-order valence-corrected chi connectivity index (χ3v) is 5.19. The van der Waals surface area contributed by atoms with Crippen molar-refractivity contribution in [2.45, 2.75) is 13.0 Å². The van der Waals surface area contributed by atoms with Gasteiger partial charge in [-0.25, -0.2) is 12.8 Å². The van der Waals surface area contributed by atoms with E-state index in [2.05, 4.69) is 5.32 Å². The third kappa shape index (κ3) is 4.49. The van der Waals surface area contributed by atoms with Gasteiger partial charge in [-0.2, -0.15) is 4.31 Å². The Morgan fingerprint density at radius 1 is 1.41 bits per heavy atom. The smallest absolute Gasteiger partial charge is 0.251 e. The Kier molecular flexibility index (Phi) is 5.49. The van der Waals surface area contributed by atoms with E-state index >= 15 is 0 Å². The second-order valence-electron chi connectivity index (χ2n) is 5.12. The van der Waals surface area contributed by atoms with Crippen molar-refractivity contribution in [2.75, 3.05) is 32.0 Å². The lowest BCUT2D eigenvalue weighted by molar-refractivity contribution is 0.0102. The summed E-state index contributed by atoms with van der Waals surface area (Å²) < 4.78 is 43.8. The fraction of sp³-hybridized carbons (Fsp3) is 0.500. The highest BCUT2D eigenvalue weighted by atomic mass is 32.2. The van der Waals surface area contributed by atoms with Crippen molar-refractivity contribution in [3.63, 3.8) is 0 Å². The summed E-state index contributed by atoms with van der Waals surface area (Å²) in [4.78, 5) is 11.8. The number of hydrogen-bond acceptors (Lipinski definition) is 4. The highest BCUT2D eigenvalue weighted by Gasteiger charge is 2.27. The number of ether oxygens (including phenoxy) is 1. The number of nitrogens with zero attached hydrogens (tertiary/aromatic N) is 1. The van der Waals surface area contributed by atoms with Crippen LogP contribution in [0.15, 0.2) is 24.3 Å². The SMILES string of the molecule is CC1CN(S(=O)(=O)CCNC(=O)c2ccc(F)cc2)CCO1. The lowest BCUT2D eigenvalue weighted by Crippen LogP contribution is -2.46. The molecule has 1 saturated heterocycles. The molecule has 1 N–H and O–H groups in total. The van der Waals surface area contributed by atoms with Gasteiger partial charge < -0.3 is 10.1 Å². The van der Waals surface area contributed by atoms with E-state index in [0.29, 0.717) is 25.3 Å². The Morgan fingerprint density at radius 3 is 2.73 bits per heavy atom. The highest BCUT2D eigenvalue weighted by molar-refractivity contribution is 7.89. The van der Waals surface area contributed by atoms with Gasteiger partial charge in [-0.3, -0.25) is 4.79 Å². The van der Waals surface area contributed by atoms with Crippen LogP contribution in [0.2, 0.25) is 0 Å². The second-order valence-corrected chi connectivity index (χ2v) is 7.21. The maximum Gasteiger partial charge on any atom is 0.251 e. The molecule has 2 rings (SSSR count). The van der Waals surface area contributed by atoms with Crippen LogP contribution >= 0.6 is 0 Å². The molecule has 0 saturated carbocycles. The maximum atomic E-state index is 12.8. The van der Waals surface area contributed by atoms with Gasteiger partial charge in [-0.05, 0) is 31.2 Å². The average Bonchev–Trinajstić information content (AvgIpc) is 2.47. The molecule has 0 aromatic heterocycles. The zero-order valence-electron chi connectivity index (χ0n) is 12.3. The van der Waals surface area contributed by atoms with Crippen molar-refractivity contribution in [3.8, 4) is 0 Å². The summed E-state index contributed by atoms with van der Waals surface area (Å²) in [6.07, 6.45) is -0.127. The van der Waals surface area contributed by atoms with Gasteiger partial charge in [0.05, 0.1) is 18.5 Å². The standard InChI is InChI=1S/C14H19FN2O4S/c1-11-10-17(7-8-21-11)22(19,20)9-6-16-14(18)12-2-4-13(15)5-3-12/h2-5,11H,6-10H2,1H3,(H,16,18). The van der Waals surface area contributed by atoms with Gasteiger partial charge in [-0.15, -0.1) is 0 Å². The first kappa shape index (κ1) is 16.9. The molecule has 1 atom stereocenters. The number of halogens is 1. The van der Waals surface area contributed by atoms with Gasteiger partial charge in [0.1, 0.15) is 5.82 Å². The van der Waals surface area contributed by atoms with Crippen LogP contribution in [0.25, 0.3) is 0 Å². The zero-order chi connectivity index (χ0) is 16.2. The van der Waals surface area contributed by atoms with Crippen LogP contribution in [0.3, 0.4) is 0 Å². The van der Waals surface area contributed by atoms with E-state index in [-0.39, 0.29) is 18.4 Å². The van der Waals surface area contributed by atoms with Crippen molar-refractivity contribution in [2.24, 2.45) is 0 Å². The Labute approximate surface area is 129 Å². The highest BCUT2D eigenvalue weighted by Crippen LogP contribution is 2.10. The Balaban J connectivity index is 1.84. The molecular weight excluding hydrogens is 311 g/mol. The number of sulfonamides is 1. The van der Waals surface area contributed by atoms with Crippen LogP contribution < -0.4 is 5.32 Å². The summed E-state index contributed by atoms with van der Waals surface area (Å²) in [6, 6.07) is 5.06. The van der Waals surface area contributed by atoms with Gasteiger partial charge in [0.15, 0.2) is 0 Å². The fourth-order valence-electron chi connectivity index (χ4n) is 2.17. The Hall–Kier alpha value is -1.51. The molecule has 22 heavy (non-hydrogen) atoms. The normalized spacial score (nSPS) is 19.8. The van der Waals surface area contributed by atoms with Crippen LogP contribution in [-0.4, -0.2) is 56.7 Å². The topological polar surface area (TPSA) is 75.7 Å². The number of hydrogen-bond donors (Lipinski definition) is 1. The number of carbonyl (C=O) groups excluding carboxylic acids is 1. The summed E-state index contributed by atoms with van der Waals surface area (Å²) in [6.45, 7) is 2.86. The molecule has 1 aromatic rings. The summed E-state index contributed by atoms with van der Waals surface area (Å²) in [7, 11) is -3.42. The molecule has 1 amide bonds. The van der Waals surface area contributed by atoms with Crippen molar-refractivity contribution in [3.05, 3.63) is 35.6 Å². The summed E-state index contributed by atoms with van der Waals surface area (Å²) in [5.74, 6) is -1.03. The van der Waals surface area contributed by atoms with Gasteiger partial charge in [0.2, 0.25) is 10.0 Å². The van der Waals surface area contributed by atoms with E-state index in [4.69, 9.17) is 4.74 Å². The van der Waals surface area contributed by atoms with Crippen LogP contribution in [0.4, 0.5) is 4.39 Å². The number of benzene rings is 1. The predicted octanol–water partition coefficient (Wildman–Crippen LogP) is 0.606. The number of morpholine rings is 1. The van der Waals surface area contributed by atoms with E-state index in [1.54, 1.807) is 0 Å².